The van der Waals surface area contributed by atoms with E-state index in [0.29, 0.717) is 11.6 Å². The van der Waals surface area contributed by atoms with Gasteiger partial charge in [0.05, 0.1) is 33.8 Å². The first kappa shape index (κ1) is 32.2. The molecule has 3 heterocycles. The highest BCUT2D eigenvalue weighted by Crippen LogP contribution is 2.41. The highest BCUT2D eigenvalue weighted by Gasteiger charge is 2.22. The molecule has 10 rings (SSSR count). The first-order valence-electron chi connectivity index (χ1n) is 18.4. The number of rotatable bonds is 7. The normalized spacial score (nSPS) is 11.3. The van der Waals surface area contributed by atoms with E-state index in [1.165, 1.54) is 0 Å². The predicted octanol–water partition coefficient (Wildman–Crippen LogP) is 12.4. The molecule has 0 aliphatic heterocycles. The molecule has 0 atom stereocenters. The van der Waals surface area contributed by atoms with Crippen molar-refractivity contribution in [2.45, 2.75) is 0 Å². The van der Waals surface area contributed by atoms with Crippen LogP contribution < -0.4 is 0 Å². The van der Waals surface area contributed by atoms with E-state index in [2.05, 4.69) is 132 Å². The molecule has 5 nitrogen and oxygen atoms in total. The summed E-state index contributed by atoms with van der Waals surface area (Å²) in [5, 5.41) is 2.19. The van der Waals surface area contributed by atoms with Gasteiger partial charge in [0.1, 0.15) is 0 Å². The molecule has 0 unspecified atom stereocenters. The molecule has 0 bridgehead atoms. The van der Waals surface area contributed by atoms with E-state index in [9.17, 15) is 0 Å². The lowest BCUT2D eigenvalue weighted by Gasteiger charge is -2.15. The minimum atomic E-state index is 0.620. The predicted molar refractivity (Wildman–Crippen MR) is 225 cm³/mol. The van der Waals surface area contributed by atoms with Crippen molar-refractivity contribution in [3.8, 4) is 73.5 Å². The first-order valence-corrected chi connectivity index (χ1v) is 18.4. The number of benzene rings is 7. The lowest BCUT2D eigenvalue weighted by atomic mass is 10.0. The second kappa shape index (κ2) is 13.8. The summed E-state index contributed by atoms with van der Waals surface area (Å²) in [5.74, 6) is 1.25. The van der Waals surface area contributed by atoms with E-state index in [1.807, 2.05) is 72.8 Å². The van der Waals surface area contributed by atoms with E-state index in [1.54, 1.807) is 0 Å². The molecule has 0 aliphatic rings. The summed E-state index contributed by atoms with van der Waals surface area (Å²) in [4.78, 5) is 21.2. The van der Waals surface area contributed by atoms with Gasteiger partial charge in [-0.1, -0.05) is 158 Å². The van der Waals surface area contributed by atoms with Crippen molar-refractivity contribution in [2.24, 2.45) is 0 Å². The molecule has 258 valence electrons. The fraction of sp³-hybridized carbons (Fsp3) is 0. The Hall–Kier alpha value is -7.50. The van der Waals surface area contributed by atoms with Crippen LogP contribution in [0.15, 0.2) is 200 Å². The van der Waals surface area contributed by atoms with Gasteiger partial charge in [-0.3, -0.25) is 0 Å². The molecule has 0 radical (unpaired) electrons. The monoisotopic (exact) mass is 703 g/mol. The molecule has 0 aliphatic carbocycles. The molecule has 55 heavy (non-hydrogen) atoms. The average Bonchev–Trinajstić information content (AvgIpc) is 3.61. The summed E-state index contributed by atoms with van der Waals surface area (Å²) < 4.78 is 2.33. The third-order valence-corrected chi connectivity index (χ3v) is 10.0. The van der Waals surface area contributed by atoms with Crippen LogP contribution in [0.25, 0.3) is 95.3 Å². The van der Waals surface area contributed by atoms with Crippen molar-refractivity contribution >= 4 is 21.8 Å². The summed E-state index contributed by atoms with van der Waals surface area (Å²) in [5.41, 5.74) is 12.4. The molecule has 5 heteroatoms. The molecule has 10 aromatic rings. The number of hydrogen-bond acceptors (Lipinski definition) is 4. The van der Waals surface area contributed by atoms with Gasteiger partial charge in [0.15, 0.2) is 11.6 Å². The minimum absolute atomic E-state index is 0.620. The van der Waals surface area contributed by atoms with E-state index in [4.69, 9.17) is 19.9 Å². The van der Waals surface area contributed by atoms with Crippen molar-refractivity contribution in [1.82, 2.24) is 24.5 Å². The van der Waals surface area contributed by atoms with Gasteiger partial charge in [-0.25, -0.2) is 19.9 Å². The number of hydrogen-bond donors (Lipinski definition) is 0. The largest absolute Gasteiger partial charge is 0.308 e. The minimum Gasteiger partial charge on any atom is -0.308 e. The highest BCUT2D eigenvalue weighted by atomic mass is 15.0. The van der Waals surface area contributed by atoms with Gasteiger partial charge in [-0.2, -0.15) is 0 Å². The summed E-state index contributed by atoms with van der Waals surface area (Å²) >= 11 is 0. The maximum absolute atomic E-state index is 5.35. The Morgan fingerprint density at radius 2 is 0.709 bits per heavy atom. The molecule has 0 saturated heterocycles. The standard InChI is InChI=1S/C50H33N5/c1-6-18-34(19-7-1)43-32-44(35-20-8-2-9-21-35)52-49(51-43)38-30-41-40-28-16-17-29-47(40)55(39-26-14-5-15-27-39)48(41)42(31-38)50-53-45(36-22-10-3-11-23-36)33-46(54-50)37-24-12-4-13-25-37/h1-33H. The van der Waals surface area contributed by atoms with Gasteiger partial charge in [-0.15, -0.1) is 0 Å². The van der Waals surface area contributed by atoms with E-state index >= 15 is 0 Å². The van der Waals surface area contributed by atoms with E-state index < -0.39 is 0 Å². The first-order chi connectivity index (χ1) is 27.3. The van der Waals surface area contributed by atoms with Crippen molar-refractivity contribution < 1.29 is 0 Å². The number of para-hydroxylation sites is 2. The number of aromatic nitrogens is 5. The fourth-order valence-corrected chi connectivity index (χ4v) is 7.41. The van der Waals surface area contributed by atoms with Gasteiger partial charge in [0, 0.05) is 49.8 Å². The van der Waals surface area contributed by atoms with Crippen LogP contribution in [0.2, 0.25) is 0 Å². The Labute approximate surface area is 318 Å². The Morgan fingerprint density at radius 1 is 0.309 bits per heavy atom. The molecule has 3 aromatic heterocycles. The van der Waals surface area contributed by atoms with Crippen molar-refractivity contribution in [3.05, 3.63) is 200 Å². The van der Waals surface area contributed by atoms with Crippen LogP contribution in [0.4, 0.5) is 0 Å². The van der Waals surface area contributed by atoms with E-state index in [-0.39, 0.29) is 0 Å². The topological polar surface area (TPSA) is 56.5 Å². The van der Waals surface area contributed by atoms with Crippen molar-refractivity contribution in [2.75, 3.05) is 0 Å². The van der Waals surface area contributed by atoms with Crippen LogP contribution in [0.5, 0.6) is 0 Å². The van der Waals surface area contributed by atoms with Crippen LogP contribution in [-0.4, -0.2) is 24.5 Å². The van der Waals surface area contributed by atoms with Gasteiger partial charge < -0.3 is 4.57 Å². The van der Waals surface area contributed by atoms with Gasteiger partial charge >= 0.3 is 0 Å². The van der Waals surface area contributed by atoms with Gasteiger partial charge in [-0.05, 0) is 42.5 Å². The third-order valence-electron chi connectivity index (χ3n) is 10.0. The number of nitrogens with zero attached hydrogens (tertiary/aromatic N) is 5. The van der Waals surface area contributed by atoms with Gasteiger partial charge in [0.2, 0.25) is 0 Å². The zero-order chi connectivity index (χ0) is 36.6. The molecule has 0 amide bonds. The molecule has 0 N–H and O–H groups in total. The second-order valence-electron chi connectivity index (χ2n) is 13.5. The van der Waals surface area contributed by atoms with Crippen LogP contribution in [0, 0.1) is 0 Å². The Balaban J connectivity index is 1.32. The average molecular weight is 704 g/mol. The Kier molecular flexibility index (Phi) is 8.08. The maximum atomic E-state index is 5.35. The molecule has 7 aromatic carbocycles. The van der Waals surface area contributed by atoms with Crippen LogP contribution in [0.3, 0.4) is 0 Å². The van der Waals surface area contributed by atoms with Crippen molar-refractivity contribution in [3.63, 3.8) is 0 Å². The second-order valence-corrected chi connectivity index (χ2v) is 13.5. The summed E-state index contributed by atoms with van der Waals surface area (Å²) in [7, 11) is 0. The van der Waals surface area contributed by atoms with Crippen LogP contribution >= 0.6 is 0 Å². The Morgan fingerprint density at radius 3 is 1.18 bits per heavy atom. The molecule has 0 fully saturated rings. The van der Waals surface area contributed by atoms with E-state index in [0.717, 1.165) is 83.6 Å². The summed E-state index contributed by atoms with van der Waals surface area (Å²) in [6.07, 6.45) is 0. The maximum Gasteiger partial charge on any atom is 0.162 e. The number of fused-ring (bicyclic) bond motifs is 3. The molecule has 0 saturated carbocycles. The zero-order valence-corrected chi connectivity index (χ0v) is 29.8. The smallest absolute Gasteiger partial charge is 0.162 e. The lowest BCUT2D eigenvalue weighted by Crippen LogP contribution is -2.01. The quantitative estimate of drug-likeness (QED) is 0.166. The summed E-state index contributed by atoms with van der Waals surface area (Å²) in [6.45, 7) is 0. The summed E-state index contributed by atoms with van der Waals surface area (Å²) in [6, 6.07) is 68.9. The van der Waals surface area contributed by atoms with Crippen LogP contribution in [-0.2, 0) is 0 Å². The zero-order valence-electron chi connectivity index (χ0n) is 29.8. The van der Waals surface area contributed by atoms with Crippen molar-refractivity contribution in [1.29, 1.82) is 0 Å². The SMILES string of the molecule is c1ccc(-c2cc(-c3ccccc3)nc(-c3cc(-c4nc(-c5ccccc5)cc(-c5ccccc5)n4)c4c(c3)c3ccccc3n4-c3ccccc3)n2)cc1. The van der Waals surface area contributed by atoms with Gasteiger partial charge in [0.25, 0.3) is 0 Å². The third kappa shape index (κ3) is 6.04. The highest BCUT2D eigenvalue weighted by molar-refractivity contribution is 6.14. The van der Waals surface area contributed by atoms with Crippen LogP contribution in [0.1, 0.15) is 0 Å². The fourth-order valence-electron chi connectivity index (χ4n) is 7.41. The Bertz CT molecular complexity index is 2830. The molecular formula is C50H33N5. The lowest BCUT2D eigenvalue weighted by molar-refractivity contribution is 1.15. The molecular weight excluding hydrogens is 671 g/mol. The molecule has 0 spiro atoms.